The number of aliphatic hydroxyl groups excluding tert-OH is 1. The maximum atomic E-state index is 13.1. The Kier molecular flexibility index (Phi) is 65.5. The third-order valence-electron chi connectivity index (χ3n) is 17.5. The van der Waals surface area contributed by atoms with E-state index < -0.39 is 97.5 Å². The molecule has 5 atom stereocenters. The molecular weight excluding hydrogens is 1230 g/mol. The summed E-state index contributed by atoms with van der Waals surface area (Å²) in [5.74, 6) is -0.532. The summed E-state index contributed by atoms with van der Waals surface area (Å²) >= 11 is 0. The molecule has 0 aliphatic carbocycles. The summed E-state index contributed by atoms with van der Waals surface area (Å²) in [5, 5.41) is 10.6. The minimum Gasteiger partial charge on any atom is -0.462 e. The molecule has 0 aromatic heterocycles. The van der Waals surface area contributed by atoms with Gasteiger partial charge in [0.2, 0.25) is 0 Å². The van der Waals surface area contributed by atoms with E-state index in [2.05, 4.69) is 41.5 Å². The van der Waals surface area contributed by atoms with Gasteiger partial charge in [0.15, 0.2) is 12.2 Å². The molecule has 0 spiro atoms. The Hall–Kier alpha value is -1.94. The average Bonchev–Trinajstić information content (AvgIpc) is 1.50. The van der Waals surface area contributed by atoms with Gasteiger partial charge in [-0.05, 0) is 37.5 Å². The molecule has 0 saturated carbocycles. The molecule has 0 saturated heterocycles. The van der Waals surface area contributed by atoms with Crippen LogP contribution >= 0.6 is 15.6 Å². The predicted molar refractivity (Wildman–Crippen MR) is 381 cm³/mol. The van der Waals surface area contributed by atoms with Gasteiger partial charge in [0, 0.05) is 25.7 Å². The molecule has 0 amide bonds. The Morgan fingerprint density at radius 3 is 0.723 bits per heavy atom. The molecule has 2 unspecified atom stereocenters. The lowest BCUT2D eigenvalue weighted by Gasteiger charge is -2.21. The number of aliphatic hydroxyl groups is 1. The Bertz CT molecular complexity index is 1820. The number of carbonyl (C=O) groups excluding carboxylic acids is 4. The Morgan fingerprint density at radius 1 is 0.287 bits per heavy atom. The Morgan fingerprint density at radius 2 is 0.489 bits per heavy atom. The molecule has 0 aromatic rings. The summed E-state index contributed by atoms with van der Waals surface area (Å²) in [7, 11) is -9.91. The molecule has 0 rings (SSSR count). The quantitative estimate of drug-likeness (QED) is 0.0222. The zero-order chi connectivity index (χ0) is 69.3. The fourth-order valence-electron chi connectivity index (χ4n) is 11.5. The third kappa shape index (κ3) is 68.6. The summed E-state index contributed by atoms with van der Waals surface area (Å²) in [5.41, 5.74) is 0. The van der Waals surface area contributed by atoms with Crippen LogP contribution in [0.15, 0.2) is 0 Å². The lowest BCUT2D eigenvalue weighted by atomic mass is 10.0. The topological polar surface area (TPSA) is 237 Å². The van der Waals surface area contributed by atoms with E-state index >= 15 is 0 Å². The highest BCUT2D eigenvalue weighted by molar-refractivity contribution is 7.47. The van der Waals surface area contributed by atoms with Crippen molar-refractivity contribution in [2.45, 2.75) is 407 Å². The van der Waals surface area contributed by atoms with Gasteiger partial charge in [-0.1, -0.05) is 337 Å². The second kappa shape index (κ2) is 66.9. The van der Waals surface area contributed by atoms with Crippen LogP contribution in [0, 0.1) is 11.8 Å². The van der Waals surface area contributed by atoms with Crippen molar-refractivity contribution in [3.05, 3.63) is 0 Å². The number of ether oxygens (including phenoxy) is 4. The second-order valence-corrected chi connectivity index (χ2v) is 30.9. The highest BCUT2D eigenvalue weighted by atomic mass is 31.2. The van der Waals surface area contributed by atoms with E-state index in [-0.39, 0.29) is 25.7 Å². The number of phosphoric ester groups is 2. The first-order chi connectivity index (χ1) is 45.4. The zero-order valence-corrected chi connectivity index (χ0v) is 63.1. The van der Waals surface area contributed by atoms with E-state index in [9.17, 15) is 43.2 Å². The van der Waals surface area contributed by atoms with Crippen LogP contribution < -0.4 is 0 Å². The van der Waals surface area contributed by atoms with Crippen molar-refractivity contribution < 1.29 is 80.2 Å². The molecule has 0 aliphatic heterocycles. The summed E-state index contributed by atoms with van der Waals surface area (Å²) in [6.07, 6.45) is 54.0. The Balaban J connectivity index is 5.23. The van der Waals surface area contributed by atoms with Gasteiger partial charge in [-0.25, -0.2) is 9.13 Å². The maximum Gasteiger partial charge on any atom is 0.472 e. The molecule has 0 aliphatic rings. The smallest absolute Gasteiger partial charge is 0.462 e. The van der Waals surface area contributed by atoms with Crippen LogP contribution in [0.25, 0.3) is 0 Å². The van der Waals surface area contributed by atoms with Crippen molar-refractivity contribution in [2.75, 3.05) is 39.6 Å². The van der Waals surface area contributed by atoms with Crippen molar-refractivity contribution >= 4 is 39.5 Å². The van der Waals surface area contributed by atoms with Gasteiger partial charge in [0.25, 0.3) is 0 Å². The monoisotopic (exact) mass is 1380 g/mol. The van der Waals surface area contributed by atoms with Crippen LogP contribution in [0.2, 0.25) is 0 Å². The lowest BCUT2D eigenvalue weighted by molar-refractivity contribution is -0.161. The van der Waals surface area contributed by atoms with E-state index in [1.807, 2.05) is 0 Å². The van der Waals surface area contributed by atoms with Gasteiger partial charge in [-0.15, -0.1) is 0 Å². The van der Waals surface area contributed by atoms with E-state index in [0.29, 0.717) is 25.7 Å². The average molecular weight is 1380 g/mol. The molecule has 0 fully saturated rings. The predicted octanol–water partition coefficient (Wildman–Crippen LogP) is 21.9. The SMILES string of the molecule is CCCCCCCCCCCCCCC(=O)O[C@H](COC(=O)CCCCCCCCCCC)COP(=O)(O)OC[C@H](O)COP(=O)(O)OC[C@@H](COC(=O)CCCCCCCCCCCCCCC(C)C)OC(=O)CCCCCCCCCCCCCCCCCC(C)C. The van der Waals surface area contributed by atoms with Gasteiger partial charge in [-0.3, -0.25) is 37.3 Å². The molecular formula is C75H146O17P2. The fourth-order valence-corrected chi connectivity index (χ4v) is 13.1. The van der Waals surface area contributed by atoms with Crippen molar-refractivity contribution in [3.63, 3.8) is 0 Å². The maximum absolute atomic E-state index is 13.1. The summed E-state index contributed by atoms with van der Waals surface area (Å²) in [4.78, 5) is 72.7. The highest BCUT2D eigenvalue weighted by Crippen LogP contribution is 2.45. The van der Waals surface area contributed by atoms with Crippen LogP contribution in [0.1, 0.15) is 388 Å². The zero-order valence-electron chi connectivity index (χ0n) is 61.3. The normalized spacial score (nSPS) is 14.0. The number of hydrogen-bond donors (Lipinski definition) is 3. The standard InChI is InChI=1S/C75H146O17P2/c1-7-9-11-13-15-17-18-28-35-41-47-53-59-74(79)91-70(63-85-72(77)57-51-45-39-31-16-14-12-10-8-2)65-89-93(81,82)87-61-69(76)62-88-94(83,84)90-66-71(64-86-73(78)58-52-46-40-34-29-25-24-27-33-38-44-50-56-68(5)6)92-75(80)60-54-48-42-36-30-23-21-19-20-22-26-32-37-43-49-55-67(3)4/h67-71,76H,7-66H2,1-6H3,(H,81,82)(H,83,84)/t69-,70+,71+/m0/s1. The van der Waals surface area contributed by atoms with E-state index in [0.717, 1.165) is 102 Å². The number of phosphoric acid groups is 2. The summed E-state index contributed by atoms with van der Waals surface area (Å²) in [6, 6.07) is 0. The molecule has 3 N–H and O–H groups in total. The van der Waals surface area contributed by atoms with Crippen molar-refractivity contribution in [2.24, 2.45) is 11.8 Å². The number of hydrogen-bond acceptors (Lipinski definition) is 15. The molecule has 17 nitrogen and oxygen atoms in total. The number of esters is 4. The first kappa shape index (κ1) is 92.1. The summed E-state index contributed by atoms with van der Waals surface area (Å²) in [6.45, 7) is 9.61. The van der Waals surface area contributed by atoms with E-state index in [4.69, 9.17) is 37.0 Å². The van der Waals surface area contributed by atoms with Gasteiger partial charge in [-0.2, -0.15) is 0 Å². The summed E-state index contributed by atoms with van der Waals surface area (Å²) < 4.78 is 68.5. The van der Waals surface area contributed by atoms with Crippen LogP contribution in [0.5, 0.6) is 0 Å². The molecule has 0 radical (unpaired) electrons. The molecule has 0 bridgehead atoms. The molecule has 0 aromatic carbocycles. The highest BCUT2D eigenvalue weighted by Gasteiger charge is 2.30. The van der Waals surface area contributed by atoms with Gasteiger partial charge < -0.3 is 33.8 Å². The van der Waals surface area contributed by atoms with E-state index in [1.54, 1.807) is 0 Å². The molecule has 94 heavy (non-hydrogen) atoms. The molecule has 558 valence electrons. The van der Waals surface area contributed by atoms with Crippen molar-refractivity contribution in [3.8, 4) is 0 Å². The first-order valence-corrected chi connectivity index (χ1v) is 42.0. The van der Waals surface area contributed by atoms with E-state index in [1.165, 1.54) is 205 Å². The largest absolute Gasteiger partial charge is 0.472 e. The van der Waals surface area contributed by atoms with Crippen molar-refractivity contribution in [1.82, 2.24) is 0 Å². The van der Waals surface area contributed by atoms with Crippen LogP contribution in [0.3, 0.4) is 0 Å². The van der Waals surface area contributed by atoms with Gasteiger partial charge in [0.1, 0.15) is 19.3 Å². The lowest BCUT2D eigenvalue weighted by Crippen LogP contribution is -2.30. The second-order valence-electron chi connectivity index (χ2n) is 28.0. The van der Waals surface area contributed by atoms with Crippen LogP contribution in [0.4, 0.5) is 0 Å². The minimum absolute atomic E-state index is 0.107. The number of carbonyl (C=O) groups is 4. The van der Waals surface area contributed by atoms with Crippen LogP contribution in [-0.2, 0) is 65.4 Å². The fraction of sp³-hybridized carbons (Fsp3) is 0.947. The third-order valence-corrected chi connectivity index (χ3v) is 19.4. The van der Waals surface area contributed by atoms with Gasteiger partial charge >= 0.3 is 39.5 Å². The minimum atomic E-state index is -4.96. The van der Waals surface area contributed by atoms with Crippen molar-refractivity contribution in [1.29, 1.82) is 0 Å². The number of unbranched alkanes of at least 4 members (excludes halogenated alkanes) is 44. The van der Waals surface area contributed by atoms with Crippen LogP contribution in [-0.4, -0.2) is 96.7 Å². The molecule has 0 heterocycles. The first-order valence-electron chi connectivity index (χ1n) is 39.0. The number of rotatable bonds is 74. The molecule has 19 heteroatoms. The Labute approximate surface area is 575 Å². The van der Waals surface area contributed by atoms with Gasteiger partial charge in [0.05, 0.1) is 26.4 Å².